The molecule has 0 saturated carbocycles. The Morgan fingerprint density at radius 3 is 2.78 bits per heavy atom. The van der Waals surface area contributed by atoms with Crippen molar-refractivity contribution in [1.29, 1.82) is 0 Å². The molecule has 1 aromatic heterocycles. The van der Waals surface area contributed by atoms with Crippen molar-refractivity contribution < 1.29 is 14.3 Å². The Hall–Kier alpha value is -2.92. The summed E-state index contributed by atoms with van der Waals surface area (Å²) in [6.07, 6.45) is 1.77. The van der Waals surface area contributed by atoms with E-state index in [1.165, 1.54) is 6.07 Å². The number of likely N-dealkylation sites (tertiary alicyclic amines) is 1. The lowest BCUT2D eigenvalue weighted by molar-refractivity contribution is 0.0756. The summed E-state index contributed by atoms with van der Waals surface area (Å²) in [5.74, 6) is 0.223. The fourth-order valence-electron chi connectivity index (χ4n) is 3.74. The highest BCUT2D eigenvalue weighted by atomic mass is 16.3. The smallest absolute Gasteiger partial charge is 0.289 e. The van der Waals surface area contributed by atoms with Crippen LogP contribution in [0.25, 0.3) is 11.0 Å². The molecule has 1 aliphatic rings. The number of aliphatic hydroxyl groups is 1. The second-order valence-electron chi connectivity index (χ2n) is 7.06. The van der Waals surface area contributed by atoms with Crippen LogP contribution in [0.3, 0.4) is 0 Å². The first-order valence-corrected chi connectivity index (χ1v) is 9.15. The monoisotopic (exact) mass is 363 g/mol. The van der Waals surface area contributed by atoms with E-state index in [-0.39, 0.29) is 23.7 Å². The summed E-state index contributed by atoms with van der Waals surface area (Å²) in [6, 6.07) is 16.2. The molecule has 27 heavy (non-hydrogen) atoms. The number of carbonyl (C=O) groups is 1. The van der Waals surface area contributed by atoms with E-state index in [0.717, 1.165) is 24.0 Å². The average molecular weight is 363 g/mol. The fraction of sp³-hybridized carbons (Fsp3) is 0.273. The highest BCUT2D eigenvalue weighted by Crippen LogP contribution is 2.23. The number of rotatable bonds is 4. The molecule has 0 radical (unpaired) electrons. The van der Waals surface area contributed by atoms with Crippen LogP contribution in [0.2, 0.25) is 0 Å². The Kier molecular flexibility index (Phi) is 4.77. The predicted octanol–water partition coefficient (Wildman–Crippen LogP) is 2.99. The summed E-state index contributed by atoms with van der Waals surface area (Å²) in [7, 11) is 0. The molecular weight excluding hydrogens is 342 g/mol. The van der Waals surface area contributed by atoms with Crippen LogP contribution in [-0.4, -0.2) is 29.0 Å². The maximum absolute atomic E-state index is 12.8. The van der Waals surface area contributed by atoms with Gasteiger partial charge in [-0.05, 0) is 42.0 Å². The minimum atomic E-state index is -0.232. The Labute approximate surface area is 156 Å². The third-order valence-electron chi connectivity index (χ3n) is 5.12. The van der Waals surface area contributed by atoms with Crippen LogP contribution in [0.15, 0.2) is 63.8 Å². The minimum absolute atomic E-state index is 0.0319. The standard InChI is InChI=1S/C22H21NO4/c24-14-17-5-3-4-15(11-17)10-16-8-9-23(13-16)22(26)21-12-19(25)18-6-1-2-7-20(18)27-21/h1-7,11-12,16,24H,8-10,13-14H2/t16-/m0/s1. The van der Waals surface area contributed by atoms with Gasteiger partial charge in [0.1, 0.15) is 5.58 Å². The second kappa shape index (κ2) is 7.37. The van der Waals surface area contributed by atoms with Gasteiger partial charge < -0.3 is 14.4 Å². The molecule has 0 aliphatic carbocycles. The zero-order chi connectivity index (χ0) is 18.8. The van der Waals surface area contributed by atoms with E-state index >= 15 is 0 Å². The molecule has 2 heterocycles. The SMILES string of the molecule is O=C(c1cc(=O)c2ccccc2o1)N1CC[C@@H](Cc2cccc(CO)c2)C1. The van der Waals surface area contributed by atoms with E-state index in [4.69, 9.17) is 4.42 Å². The van der Waals surface area contributed by atoms with E-state index in [0.29, 0.717) is 30.0 Å². The molecule has 1 fully saturated rings. The lowest BCUT2D eigenvalue weighted by Gasteiger charge is -2.16. The number of para-hydroxylation sites is 1. The second-order valence-corrected chi connectivity index (χ2v) is 7.06. The summed E-state index contributed by atoms with van der Waals surface area (Å²) in [6.45, 7) is 1.32. The van der Waals surface area contributed by atoms with Gasteiger partial charge in [0.2, 0.25) is 0 Å². The maximum atomic E-state index is 12.8. The summed E-state index contributed by atoms with van der Waals surface area (Å²) in [5.41, 5.74) is 2.30. The molecule has 4 rings (SSSR count). The molecule has 1 N–H and O–H groups in total. The van der Waals surface area contributed by atoms with Crippen molar-refractivity contribution in [2.45, 2.75) is 19.4 Å². The first-order chi connectivity index (χ1) is 13.1. The quantitative estimate of drug-likeness (QED) is 0.774. The van der Waals surface area contributed by atoms with Crippen LogP contribution in [0, 0.1) is 5.92 Å². The molecular formula is C22H21NO4. The van der Waals surface area contributed by atoms with Crippen LogP contribution in [0.5, 0.6) is 0 Å². The van der Waals surface area contributed by atoms with E-state index in [2.05, 4.69) is 0 Å². The molecule has 138 valence electrons. The van der Waals surface area contributed by atoms with Crippen LogP contribution in [0.4, 0.5) is 0 Å². The van der Waals surface area contributed by atoms with Crippen molar-refractivity contribution in [3.05, 3.63) is 81.7 Å². The maximum Gasteiger partial charge on any atom is 0.289 e. The molecule has 0 bridgehead atoms. The Morgan fingerprint density at radius 2 is 1.93 bits per heavy atom. The lowest BCUT2D eigenvalue weighted by Crippen LogP contribution is -2.29. The number of aliphatic hydroxyl groups excluding tert-OH is 1. The van der Waals surface area contributed by atoms with Crippen molar-refractivity contribution in [2.75, 3.05) is 13.1 Å². The third-order valence-corrected chi connectivity index (χ3v) is 5.12. The van der Waals surface area contributed by atoms with Gasteiger partial charge in [-0.1, -0.05) is 36.4 Å². The summed E-state index contributed by atoms with van der Waals surface area (Å²) in [5, 5.41) is 9.76. The summed E-state index contributed by atoms with van der Waals surface area (Å²) >= 11 is 0. The van der Waals surface area contributed by atoms with Gasteiger partial charge in [0.15, 0.2) is 11.2 Å². The number of hydrogen-bond acceptors (Lipinski definition) is 4. The van der Waals surface area contributed by atoms with Crippen molar-refractivity contribution in [2.24, 2.45) is 5.92 Å². The number of fused-ring (bicyclic) bond motifs is 1. The summed E-state index contributed by atoms with van der Waals surface area (Å²) < 4.78 is 5.68. The number of hydrogen-bond donors (Lipinski definition) is 1. The van der Waals surface area contributed by atoms with Crippen LogP contribution in [-0.2, 0) is 13.0 Å². The third kappa shape index (κ3) is 3.64. The average Bonchev–Trinajstić information content (AvgIpc) is 3.16. The molecule has 2 aromatic carbocycles. The fourth-order valence-corrected chi connectivity index (χ4v) is 3.74. The predicted molar refractivity (Wildman–Crippen MR) is 103 cm³/mol. The topological polar surface area (TPSA) is 70.8 Å². The van der Waals surface area contributed by atoms with E-state index < -0.39 is 0 Å². The van der Waals surface area contributed by atoms with Crippen molar-refractivity contribution in [3.63, 3.8) is 0 Å². The minimum Gasteiger partial charge on any atom is -0.451 e. The zero-order valence-corrected chi connectivity index (χ0v) is 14.9. The van der Waals surface area contributed by atoms with Gasteiger partial charge in [-0.3, -0.25) is 9.59 Å². The highest BCUT2D eigenvalue weighted by Gasteiger charge is 2.28. The van der Waals surface area contributed by atoms with Gasteiger partial charge >= 0.3 is 0 Å². The number of benzene rings is 2. The Bertz CT molecular complexity index is 1040. The van der Waals surface area contributed by atoms with Crippen LogP contribution < -0.4 is 5.43 Å². The van der Waals surface area contributed by atoms with Gasteiger partial charge in [0.05, 0.1) is 12.0 Å². The molecule has 1 atom stereocenters. The normalized spacial score (nSPS) is 16.8. The molecule has 3 aromatic rings. The number of carbonyl (C=O) groups excluding carboxylic acids is 1. The van der Waals surface area contributed by atoms with Crippen LogP contribution >= 0.6 is 0 Å². The van der Waals surface area contributed by atoms with Crippen molar-refractivity contribution >= 4 is 16.9 Å². The molecule has 1 saturated heterocycles. The Morgan fingerprint density at radius 1 is 1.11 bits per heavy atom. The molecule has 0 unspecified atom stereocenters. The highest BCUT2D eigenvalue weighted by molar-refractivity contribution is 5.93. The first kappa shape index (κ1) is 17.5. The first-order valence-electron chi connectivity index (χ1n) is 9.15. The number of amides is 1. The van der Waals surface area contributed by atoms with E-state index in [9.17, 15) is 14.7 Å². The zero-order valence-electron chi connectivity index (χ0n) is 14.9. The van der Waals surface area contributed by atoms with Gasteiger partial charge in [0, 0.05) is 19.2 Å². The Balaban J connectivity index is 1.48. The molecule has 1 amide bonds. The molecule has 5 nitrogen and oxygen atoms in total. The van der Waals surface area contributed by atoms with Gasteiger partial charge in [0.25, 0.3) is 5.91 Å². The van der Waals surface area contributed by atoms with Gasteiger partial charge in [-0.25, -0.2) is 0 Å². The van der Waals surface area contributed by atoms with Crippen LogP contribution in [0.1, 0.15) is 28.1 Å². The van der Waals surface area contributed by atoms with Gasteiger partial charge in [-0.2, -0.15) is 0 Å². The van der Waals surface area contributed by atoms with Crippen molar-refractivity contribution in [3.8, 4) is 0 Å². The molecule has 0 spiro atoms. The molecule has 1 aliphatic heterocycles. The summed E-state index contributed by atoms with van der Waals surface area (Å²) in [4.78, 5) is 26.8. The van der Waals surface area contributed by atoms with Crippen molar-refractivity contribution in [1.82, 2.24) is 4.90 Å². The van der Waals surface area contributed by atoms with E-state index in [1.807, 2.05) is 24.3 Å². The number of nitrogens with zero attached hydrogens (tertiary/aromatic N) is 1. The molecule has 5 heteroatoms. The largest absolute Gasteiger partial charge is 0.451 e. The van der Waals surface area contributed by atoms with Gasteiger partial charge in [-0.15, -0.1) is 0 Å². The lowest BCUT2D eigenvalue weighted by atomic mass is 9.97. The van der Waals surface area contributed by atoms with E-state index in [1.54, 1.807) is 29.2 Å².